The van der Waals surface area contributed by atoms with Gasteiger partial charge in [0.05, 0.1) is 110 Å². The summed E-state index contributed by atoms with van der Waals surface area (Å²) in [6, 6.07) is 37.8. The highest BCUT2D eigenvalue weighted by atomic mass is 79.9. The molecule has 0 saturated carbocycles. The lowest BCUT2D eigenvalue weighted by Gasteiger charge is -2.32. The molecule has 0 atom stereocenters. The molecule has 9 aromatic rings. The van der Waals surface area contributed by atoms with Crippen LogP contribution in [-0.2, 0) is 29.4 Å². The van der Waals surface area contributed by atoms with Crippen molar-refractivity contribution in [2.75, 3.05) is 73.4 Å². The molecule has 1 fully saturated rings. The maximum atomic E-state index is 13.3. The van der Waals surface area contributed by atoms with Crippen molar-refractivity contribution in [2.24, 2.45) is 0 Å². The molecular formula is C63H64BBr2N7O17S2. The average molecular weight is 1430 g/mol. The number of fused-ring (bicyclic) bond motifs is 2. The predicted molar refractivity (Wildman–Crippen MR) is 352 cm³/mol. The first-order valence-corrected chi connectivity index (χ1v) is 31.2. The summed E-state index contributed by atoms with van der Waals surface area (Å²) in [4.78, 5) is -0.325. The molecule has 1 saturated heterocycles. The molecule has 10 rings (SSSR count). The Balaban J connectivity index is 0.000000208. The first-order chi connectivity index (χ1) is 43.3. The van der Waals surface area contributed by atoms with E-state index in [1.54, 1.807) is 99.1 Å². The fourth-order valence-electron chi connectivity index (χ4n) is 8.80. The van der Waals surface area contributed by atoms with Crippen LogP contribution in [0.3, 0.4) is 0 Å². The van der Waals surface area contributed by atoms with Crippen molar-refractivity contribution in [1.29, 1.82) is 15.8 Å². The molecule has 24 nitrogen and oxygen atoms in total. The SMILES string of the molecule is C.COc1cc(Br)cc(C#N)c1.COc1cc(C#N)cc(-c2cc(OC)c3c(NS(=O)(=O)c4c(OC)cccc4OC)noc3c2)c1.COc1cc(C#N)cc(B2OC(C)(C)C(C)(C)O2)c1.COc1cccc(OC)c1S(=O)(=O)Nc1noc2cc(Br)cc(OC)c12. The van der Waals surface area contributed by atoms with Gasteiger partial charge in [-0.2, -0.15) is 15.8 Å². The third kappa shape index (κ3) is 16.2. The molecule has 482 valence electrons. The number of sulfonamides is 2. The van der Waals surface area contributed by atoms with Gasteiger partial charge in [0.1, 0.15) is 62.5 Å². The first-order valence-electron chi connectivity index (χ1n) is 26.7. The molecule has 0 aliphatic carbocycles. The van der Waals surface area contributed by atoms with Crippen LogP contribution in [0, 0.1) is 34.0 Å². The van der Waals surface area contributed by atoms with E-state index in [-0.39, 0.29) is 57.4 Å². The fourth-order valence-corrected chi connectivity index (χ4v) is 12.3. The number of halogens is 2. The predicted octanol–water partition coefficient (Wildman–Crippen LogP) is 12.5. The Kier molecular flexibility index (Phi) is 23.8. The van der Waals surface area contributed by atoms with Crippen LogP contribution in [0.15, 0.2) is 143 Å². The second kappa shape index (κ2) is 30.6. The molecule has 0 unspecified atom stereocenters. The van der Waals surface area contributed by atoms with E-state index in [2.05, 4.69) is 63.8 Å². The summed E-state index contributed by atoms with van der Waals surface area (Å²) >= 11 is 6.59. The molecule has 0 bridgehead atoms. The number of nitrogens with zero attached hydrogens (tertiary/aromatic N) is 5. The highest BCUT2D eigenvalue weighted by molar-refractivity contribution is 9.10. The summed E-state index contributed by atoms with van der Waals surface area (Å²) in [5, 5.41) is 35.4. The minimum Gasteiger partial charge on any atom is -0.497 e. The van der Waals surface area contributed by atoms with E-state index in [9.17, 15) is 22.1 Å². The third-order valence-corrected chi connectivity index (χ3v) is 17.6. The average Bonchev–Trinajstić information content (AvgIpc) is 1.54. The first kappa shape index (κ1) is 71.7. The molecule has 92 heavy (non-hydrogen) atoms. The van der Waals surface area contributed by atoms with Crippen LogP contribution in [0.2, 0.25) is 0 Å². The number of hydrogen-bond donors (Lipinski definition) is 2. The van der Waals surface area contributed by atoms with Crippen molar-refractivity contribution < 1.29 is 77.8 Å². The zero-order valence-corrected chi connectivity index (χ0v) is 56.1. The smallest absolute Gasteiger partial charge is 0.495 e. The van der Waals surface area contributed by atoms with Crippen LogP contribution in [0.1, 0.15) is 51.8 Å². The van der Waals surface area contributed by atoms with Crippen LogP contribution in [0.5, 0.6) is 51.7 Å². The Labute approximate surface area is 550 Å². The number of rotatable bonds is 17. The van der Waals surface area contributed by atoms with E-state index < -0.39 is 38.4 Å². The summed E-state index contributed by atoms with van der Waals surface area (Å²) in [5.41, 5.74) is 3.51. The number of nitriles is 3. The van der Waals surface area contributed by atoms with E-state index >= 15 is 0 Å². The Morgan fingerprint density at radius 2 is 0.826 bits per heavy atom. The van der Waals surface area contributed by atoms with E-state index in [0.717, 1.165) is 9.94 Å². The normalized spacial score (nSPS) is 12.6. The van der Waals surface area contributed by atoms with Crippen LogP contribution in [0.25, 0.3) is 33.1 Å². The molecule has 1 aliphatic rings. The van der Waals surface area contributed by atoms with Crippen molar-refractivity contribution in [3.8, 4) is 81.1 Å². The van der Waals surface area contributed by atoms with Crippen molar-refractivity contribution in [2.45, 2.75) is 56.1 Å². The molecule has 1 aliphatic heterocycles. The molecule has 29 heteroatoms. The molecule has 0 radical (unpaired) electrons. The van der Waals surface area contributed by atoms with E-state index in [1.807, 2.05) is 39.8 Å². The maximum Gasteiger partial charge on any atom is 0.495 e. The van der Waals surface area contributed by atoms with Gasteiger partial charge in [-0.1, -0.05) is 61.7 Å². The van der Waals surface area contributed by atoms with Gasteiger partial charge >= 0.3 is 7.12 Å². The second-order valence-corrected chi connectivity index (χ2v) is 25.1. The van der Waals surface area contributed by atoms with Crippen molar-refractivity contribution in [3.63, 3.8) is 0 Å². The van der Waals surface area contributed by atoms with Crippen LogP contribution in [0.4, 0.5) is 11.6 Å². The minimum atomic E-state index is -4.20. The monoisotopic (exact) mass is 1420 g/mol. The van der Waals surface area contributed by atoms with Crippen molar-refractivity contribution in [1.82, 2.24) is 10.3 Å². The van der Waals surface area contributed by atoms with Gasteiger partial charge < -0.3 is 61.0 Å². The summed E-state index contributed by atoms with van der Waals surface area (Å²) in [7, 11) is 4.28. The molecule has 3 heterocycles. The van der Waals surface area contributed by atoms with Gasteiger partial charge in [-0.3, -0.25) is 9.44 Å². The van der Waals surface area contributed by atoms with Crippen LogP contribution >= 0.6 is 31.9 Å². The number of aromatic nitrogens is 2. The Bertz CT molecular complexity index is 4450. The lowest BCUT2D eigenvalue weighted by molar-refractivity contribution is 0.00578. The number of methoxy groups -OCH3 is 9. The summed E-state index contributed by atoms with van der Waals surface area (Å²) < 4.78 is 129. The van der Waals surface area contributed by atoms with Gasteiger partial charge in [0.25, 0.3) is 20.0 Å². The highest BCUT2D eigenvalue weighted by Crippen LogP contribution is 2.43. The van der Waals surface area contributed by atoms with Gasteiger partial charge in [0, 0.05) is 8.95 Å². The standard InChI is InChI=1S/C24H21N3O7S.C16H15BrN2O6S.C14H18BNO3.C8H6BrNO.CH4/c1-30-17-9-14(13-25)8-15(10-17)16-11-20(33-4)22-21(12-16)34-26-24(22)27-35(28,29)23-18(31-2)6-5-7-19(23)32-3;1-22-10-5-4-6-11(23-2)15(10)26(20,21)19-16-14-12(24-3)7-9(17)8-13(14)25-18-16;1-13(2)14(3,4)19-15(18-13)11-6-10(9-16)7-12(8-11)17-5;1-11-8-3-6(5-10)2-7(9)4-8;/h5-12H,1-4H3,(H,26,27);4-8H,1-3H3,(H,18,19);6-8H,1-5H3;2-4H,1H3;1H4. The van der Waals surface area contributed by atoms with E-state index in [1.165, 1.54) is 74.0 Å². The Hall–Kier alpha value is -9.41. The molecular weight excluding hydrogens is 1360 g/mol. The summed E-state index contributed by atoms with van der Waals surface area (Å²) in [6.45, 7) is 7.99. The van der Waals surface area contributed by atoms with Gasteiger partial charge in [-0.25, -0.2) is 16.8 Å². The fraction of sp³-hybridized carbons (Fsp3) is 0.254. The van der Waals surface area contributed by atoms with Crippen LogP contribution < -0.4 is 57.5 Å². The highest BCUT2D eigenvalue weighted by Gasteiger charge is 2.52. The van der Waals surface area contributed by atoms with E-state index in [4.69, 9.17) is 71.5 Å². The third-order valence-electron chi connectivity index (χ3n) is 13.9. The zero-order valence-electron chi connectivity index (χ0n) is 51.3. The molecule has 2 aromatic heterocycles. The number of benzene rings is 7. The van der Waals surface area contributed by atoms with Gasteiger partial charge in [-0.15, -0.1) is 0 Å². The Morgan fingerprint density at radius 1 is 0.457 bits per heavy atom. The zero-order chi connectivity index (χ0) is 66.6. The summed E-state index contributed by atoms with van der Waals surface area (Å²) in [5.74, 6) is 2.95. The quantitative estimate of drug-likeness (QED) is 0.0800. The largest absolute Gasteiger partial charge is 0.497 e. The molecule has 7 aromatic carbocycles. The van der Waals surface area contributed by atoms with Crippen molar-refractivity contribution >= 4 is 98.1 Å². The molecule has 0 amide bonds. The topological polar surface area (TPSA) is 317 Å². The van der Waals surface area contributed by atoms with Gasteiger partial charge in [0.15, 0.2) is 32.6 Å². The number of nitrogens with one attached hydrogen (secondary N) is 2. The number of hydrogen-bond acceptors (Lipinski definition) is 22. The number of ether oxygens (including phenoxy) is 9. The van der Waals surface area contributed by atoms with Gasteiger partial charge in [0.2, 0.25) is 0 Å². The van der Waals surface area contributed by atoms with Crippen molar-refractivity contribution in [3.05, 3.63) is 141 Å². The lowest BCUT2D eigenvalue weighted by Crippen LogP contribution is -2.41. The minimum absolute atomic E-state index is 0. The molecule has 0 spiro atoms. The maximum absolute atomic E-state index is 13.3. The van der Waals surface area contributed by atoms with Crippen LogP contribution in [-0.4, -0.2) is 109 Å². The molecule has 2 N–H and O–H groups in total. The lowest BCUT2D eigenvalue weighted by atomic mass is 9.78. The van der Waals surface area contributed by atoms with E-state index in [0.29, 0.717) is 77.4 Å². The second-order valence-electron chi connectivity index (χ2n) is 20.0. The summed E-state index contributed by atoms with van der Waals surface area (Å²) in [6.07, 6.45) is 0. The Morgan fingerprint density at radius 3 is 1.25 bits per heavy atom. The number of anilines is 2. The van der Waals surface area contributed by atoms with Gasteiger partial charge in [-0.05, 0) is 147 Å².